The van der Waals surface area contributed by atoms with Crippen LogP contribution in [0.1, 0.15) is 62.0 Å². The number of hydrogen-bond donors (Lipinski definition) is 3. The van der Waals surface area contributed by atoms with Gasteiger partial charge in [-0.2, -0.15) is 0 Å². The Morgan fingerprint density at radius 1 is 0.941 bits per heavy atom. The van der Waals surface area contributed by atoms with Crippen molar-refractivity contribution < 1.29 is 24.2 Å². The molecule has 180 valence electrons. The minimum atomic E-state index is -0.804. The molecular weight excluding hydrogens is 432 g/mol. The van der Waals surface area contributed by atoms with Gasteiger partial charge in [0.1, 0.15) is 12.6 Å². The molecule has 2 aliphatic carbocycles. The van der Waals surface area contributed by atoms with Gasteiger partial charge >= 0.3 is 12.1 Å². The molecule has 0 bridgehead atoms. The highest BCUT2D eigenvalue weighted by molar-refractivity contribution is 5.86. The third kappa shape index (κ3) is 5.58. The third-order valence-corrected chi connectivity index (χ3v) is 6.89. The molecule has 1 saturated carbocycles. The van der Waals surface area contributed by atoms with Crippen LogP contribution in [0.25, 0.3) is 11.1 Å². The first-order valence-corrected chi connectivity index (χ1v) is 12.2. The second-order valence-electron chi connectivity index (χ2n) is 9.13. The van der Waals surface area contributed by atoms with Gasteiger partial charge in [-0.25, -0.2) is 4.79 Å². The van der Waals surface area contributed by atoms with E-state index in [-0.39, 0.29) is 30.8 Å². The largest absolute Gasteiger partial charge is 0.481 e. The van der Waals surface area contributed by atoms with Crippen molar-refractivity contribution in [1.29, 1.82) is 0 Å². The van der Waals surface area contributed by atoms with Crippen molar-refractivity contribution in [2.75, 3.05) is 13.2 Å². The topological polar surface area (TPSA) is 105 Å². The van der Waals surface area contributed by atoms with E-state index < -0.39 is 18.1 Å². The predicted octanol–water partition coefficient (Wildman–Crippen LogP) is 4.46. The predicted molar refractivity (Wildman–Crippen MR) is 128 cm³/mol. The van der Waals surface area contributed by atoms with Gasteiger partial charge in [0.15, 0.2) is 0 Å². The lowest BCUT2D eigenvalue weighted by Crippen LogP contribution is -2.53. The van der Waals surface area contributed by atoms with Gasteiger partial charge in [0.05, 0.1) is 0 Å². The SMILES string of the molecule is O=C(O)CCCCCNC(=O)C(NC(=O)OCC1c2ccccc2-c2ccccc21)C1CCC1. The Labute approximate surface area is 199 Å². The minimum absolute atomic E-state index is 0.0278. The number of unbranched alkanes of at least 4 members (excludes halogenated alkanes) is 2. The first kappa shape index (κ1) is 23.8. The number of carboxylic acids is 1. The molecule has 0 saturated heterocycles. The maximum atomic E-state index is 12.8. The average molecular weight is 465 g/mol. The number of carbonyl (C=O) groups is 3. The van der Waals surface area contributed by atoms with E-state index in [4.69, 9.17) is 9.84 Å². The van der Waals surface area contributed by atoms with Gasteiger partial charge in [-0.05, 0) is 53.9 Å². The van der Waals surface area contributed by atoms with Gasteiger partial charge in [0.25, 0.3) is 0 Å². The van der Waals surface area contributed by atoms with Gasteiger partial charge in [-0.15, -0.1) is 0 Å². The Balaban J connectivity index is 1.30. The highest BCUT2D eigenvalue weighted by Gasteiger charge is 2.35. The van der Waals surface area contributed by atoms with Crippen molar-refractivity contribution in [2.24, 2.45) is 5.92 Å². The summed E-state index contributed by atoms with van der Waals surface area (Å²) in [7, 11) is 0. The molecule has 0 spiro atoms. The number of hydrogen-bond acceptors (Lipinski definition) is 4. The summed E-state index contributed by atoms with van der Waals surface area (Å²) in [6, 6.07) is 15.7. The van der Waals surface area contributed by atoms with Crippen molar-refractivity contribution in [3.05, 3.63) is 59.7 Å². The zero-order chi connectivity index (χ0) is 23.9. The van der Waals surface area contributed by atoms with E-state index in [0.717, 1.165) is 36.8 Å². The Kier molecular flexibility index (Phi) is 7.83. The molecule has 2 aromatic carbocycles. The maximum absolute atomic E-state index is 12.8. The Bertz CT molecular complexity index is 988. The summed E-state index contributed by atoms with van der Waals surface area (Å²) in [6.07, 6.45) is 4.46. The molecule has 0 aromatic heterocycles. The van der Waals surface area contributed by atoms with Crippen LogP contribution < -0.4 is 10.6 Å². The number of benzene rings is 2. The van der Waals surface area contributed by atoms with E-state index in [1.54, 1.807) is 0 Å². The summed E-state index contributed by atoms with van der Waals surface area (Å²) in [6.45, 7) is 0.677. The minimum Gasteiger partial charge on any atom is -0.481 e. The van der Waals surface area contributed by atoms with Crippen LogP contribution >= 0.6 is 0 Å². The lowest BCUT2D eigenvalue weighted by atomic mass is 9.79. The van der Waals surface area contributed by atoms with Crippen LogP contribution in [0, 0.1) is 5.92 Å². The highest BCUT2D eigenvalue weighted by Crippen LogP contribution is 2.44. The standard InChI is InChI=1S/C27H32N2O5/c30-24(31)15-2-1-7-16-28-26(32)25(18-9-8-10-18)29-27(33)34-17-23-21-13-5-3-11-19(21)20-12-4-6-14-22(20)23/h3-6,11-14,18,23,25H,1-2,7-10,15-17H2,(H,28,32)(H,29,33)(H,30,31). The molecular formula is C27H32N2O5. The molecule has 7 heteroatoms. The first-order valence-electron chi connectivity index (χ1n) is 12.2. The highest BCUT2D eigenvalue weighted by atomic mass is 16.5. The summed E-state index contributed by atoms with van der Waals surface area (Å²) in [5, 5.41) is 14.4. The number of ether oxygens (including phenoxy) is 1. The van der Waals surface area contributed by atoms with Crippen molar-refractivity contribution in [3.63, 3.8) is 0 Å². The second kappa shape index (κ2) is 11.2. The van der Waals surface area contributed by atoms with Crippen LogP contribution in [0.5, 0.6) is 0 Å². The van der Waals surface area contributed by atoms with E-state index in [9.17, 15) is 14.4 Å². The van der Waals surface area contributed by atoms with Gasteiger partial charge in [0, 0.05) is 18.9 Å². The summed E-state index contributed by atoms with van der Waals surface area (Å²) in [5.41, 5.74) is 4.63. The van der Waals surface area contributed by atoms with E-state index in [1.807, 2.05) is 24.3 Å². The Hall–Kier alpha value is -3.35. The molecule has 34 heavy (non-hydrogen) atoms. The van der Waals surface area contributed by atoms with Gasteiger partial charge in [0.2, 0.25) is 5.91 Å². The molecule has 7 nitrogen and oxygen atoms in total. The Morgan fingerprint density at radius 2 is 1.59 bits per heavy atom. The number of fused-ring (bicyclic) bond motifs is 3. The van der Waals surface area contributed by atoms with Crippen LogP contribution in [0.4, 0.5) is 4.79 Å². The number of rotatable bonds is 11. The maximum Gasteiger partial charge on any atom is 0.407 e. The van der Waals surface area contributed by atoms with Crippen molar-refractivity contribution in [2.45, 2.75) is 56.9 Å². The van der Waals surface area contributed by atoms with Crippen LogP contribution in [0.2, 0.25) is 0 Å². The Morgan fingerprint density at radius 3 is 2.18 bits per heavy atom. The fourth-order valence-electron chi connectivity index (χ4n) is 4.84. The van der Waals surface area contributed by atoms with Crippen LogP contribution in [0.15, 0.2) is 48.5 Å². The molecule has 1 unspecified atom stereocenters. The summed E-state index contributed by atoms with van der Waals surface area (Å²) in [4.78, 5) is 36.0. The van der Waals surface area contributed by atoms with Crippen molar-refractivity contribution in [1.82, 2.24) is 10.6 Å². The average Bonchev–Trinajstić information content (AvgIpc) is 3.12. The van der Waals surface area contributed by atoms with E-state index in [0.29, 0.717) is 19.4 Å². The van der Waals surface area contributed by atoms with Crippen molar-refractivity contribution in [3.8, 4) is 11.1 Å². The molecule has 0 heterocycles. The number of carbonyl (C=O) groups excluding carboxylic acids is 2. The molecule has 2 aliphatic rings. The zero-order valence-electron chi connectivity index (χ0n) is 19.3. The summed E-state index contributed by atoms with van der Waals surface area (Å²) < 4.78 is 5.63. The van der Waals surface area contributed by atoms with E-state index in [2.05, 4.69) is 34.9 Å². The lowest BCUT2D eigenvalue weighted by molar-refractivity contribution is -0.137. The normalized spacial score (nSPS) is 15.5. The van der Waals surface area contributed by atoms with Gasteiger partial charge < -0.3 is 20.5 Å². The number of amides is 2. The molecule has 1 atom stereocenters. The molecule has 4 rings (SSSR count). The van der Waals surface area contributed by atoms with Crippen LogP contribution in [0.3, 0.4) is 0 Å². The molecule has 1 fully saturated rings. The monoisotopic (exact) mass is 464 g/mol. The zero-order valence-corrected chi connectivity index (χ0v) is 19.3. The number of alkyl carbamates (subject to hydrolysis) is 1. The van der Waals surface area contributed by atoms with Crippen LogP contribution in [-0.4, -0.2) is 42.3 Å². The van der Waals surface area contributed by atoms with Crippen molar-refractivity contribution >= 4 is 18.0 Å². The number of nitrogens with one attached hydrogen (secondary N) is 2. The van der Waals surface area contributed by atoms with Gasteiger partial charge in [-0.3, -0.25) is 9.59 Å². The second-order valence-corrected chi connectivity index (χ2v) is 9.13. The number of carboxylic acid groups (broad SMARTS) is 1. The molecule has 2 amide bonds. The fourth-order valence-corrected chi connectivity index (χ4v) is 4.84. The van der Waals surface area contributed by atoms with E-state index in [1.165, 1.54) is 11.1 Å². The first-order chi connectivity index (χ1) is 16.5. The number of aliphatic carboxylic acids is 1. The molecule has 0 radical (unpaired) electrons. The fraction of sp³-hybridized carbons (Fsp3) is 0.444. The third-order valence-electron chi connectivity index (χ3n) is 6.89. The van der Waals surface area contributed by atoms with E-state index >= 15 is 0 Å². The quantitative estimate of drug-likeness (QED) is 0.426. The van der Waals surface area contributed by atoms with Crippen LogP contribution in [-0.2, 0) is 14.3 Å². The molecule has 0 aliphatic heterocycles. The summed E-state index contributed by atoms with van der Waals surface area (Å²) >= 11 is 0. The smallest absolute Gasteiger partial charge is 0.407 e. The summed E-state index contributed by atoms with van der Waals surface area (Å²) in [5.74, 6) is -0.912. The molecule has 2 aromatic rings. The van der Waals surface area contributed by atoms with Gasteiger partial charge in [-0.1, -0.05) is 61.4 Å². The molecule has 3 N–H and O–H groups in total. The lowest BCUT2D eigenvalue weighted by Gasteiger charge is -2.33.